The van der Waals surface area contributed by atoms with E-state index in [4.69, 9.17) is 21.1 Å². The van der Waals surface area contributed by atoms with Crippen LogP contribution in [0, 0.1) is 0 Å². The molecule has 0 bridgehead atoms. The Morgan fingerprint density at radius 1 is 1.23 bits per heavy atom. The van der Waals surface area contributed by atoms with Crippen molar-refractivity contribution in [1.29, 1.82) is 0 Å². The summed E-state index contributed by atoms with van der Waals surface area (Å²) in [4.78, 5) is 13.3. The SMILES string of the molecule is CCOc1ccc([C@H]2C(C(=O)Nc3ccc(Cl)cc3)=C(C)Nc3nnnn32)cc1OC. The van der Waals surface area contributed by atoms with Gasteiger partial charge in [0.25, 0.3) is 5.91 Å². The van der Waals surface area contributed by atoms with Crippen molar-refractivity contribution >= 4 is 29.1 Å². The number of carbonyl (C=O) groups excluding carboxylic acids is 1. The molecule has 9 nitrogen and oxygen atoms in total. The molecule has 10 heteroatoms. The first-order valence-electron chi connectivity index (χ1n) is 9.65. The Morgan fingerprint density at radius 3 is 2.71 bits per heavy atom. The van der Waals surface area contributed by atoms with Crippen LogP contribution in [0.15, 0.2) is 53.7 Å². The average Bonchev–Trinajstić information content (AvgIpc) is 3.23. The lowest BCUT2D eigenvalue weighted by atomic mass is 9.94. The number of amides is 1. The molecule has 0 fully saturated rings. The highest BCUT2D eigenvalue weighted by molar-refractivity contribution is 6.30. The molecule has 0 saturated carbocycles. The molecule has 2 heterocycles. The summed E-state index contributed by atoms with van der Waals surface area (Å²) in [5.74, 6) is 1.33. The molecule has 2 aromatic carbocycles. The minimum atomic E-state index is -0.567. The summed E-state index contributed by atoms with van der Waals surface area (Å²) >= 11 is 5.95. The second-order valence-corrected chi connectivity index (χ2v) is 7.25. The molecule has 0 aliphatic carbocycles. The highest BCUT2D eigenvalue weighted by atomic mass is 35.5. The molecule has 0 radical (unpaired) electrons. The fraction of sp³-hybridized carbons (Fsp3) is 0.238. The van der Waals surface area contributed by atoms with Crippen molar-refractivity contribution in [2.24, 2.45) is 0 Å². The van der Waals surface area contributed by atoms with E-state index in [2.05, 4.69) is 26.2 Å². The monoisotopic (exact) mass is 440 g/mol. The third-order valence-electron chi connectivity index (χ3n) is 4.86. The normalized spacial score (nSPS) is 15.2. The molecular formula is C21H21ClN6O3. The number of nitrogens with one attached hydrogen (secondary N) is 2. The molecule has 1 aromatic heterocycles. The van der Waals surface area contributed by atoms with Gasteiger partial charge in [0.05, 0.1) is 19.3 Å². The predicted molar refractivity (Wildman–Crippen MR) is 117 cm³/mol. The van der Waals surface area contributed by atoms with Crippen LogP contribution in [0.3, 0.4) is 0 Å². The second-order valence-electron chi connectivity index (χ2n) is 6.82. The van der Waals surface area contributed by atoms with E-state index in [-0.39, 0.29) is 5.91 Å². The van der Waals surface area contributed by atoms with Crippen LogP contribution in [0.25, 0.3) is 0 Å². The summed E-state index contributed by atoms with van der Waals surface area (Å²) < 4.78 is 12.7. The summed E-state index contributed by atoms with van der Waals surface area (Å²) in [6, 6.07) is 11.9. The lowest BCUT2D eigenvalue weighted by Crippen LogP contribution is -2.31. The molecule has 31 heavy (non-hydrogen) atoms. The molecule has 1 atom stereocenters. The summed E-state index contributed by atoms with van der Waals surface area (Å²) in [6.45, 7) is 4.22. The van der Waals surface area contributed by atoms with Gasteiger partial charge >= 0.3 is 0 Å². The van der Waals surface area contributed by atoms with Crippen LogP contribution in [-0.4, -0.2) is 39.8 Å². The number of tetrazole rings is 1. The van der Waals surface area contributed by atoms with E-state index in [1.165, 1.54) is 0 Å². The van der Waals surface area contributed by atoms with Gasteiger partial charge in [0, 0.05) is 16.4 Å². The fourth-order valence-corrected chi connectivity index (χ4v) is 3.60. The maximum atomic E-state index is 13.3. The van der Waals surface area contributed by atoms with E-state index in [9.17, 15) is 4.79 Å². The molecule has 0 saturated heterocycles. The molecule has 160 valence electrons. The molecule has 0 spiro atoms. The standard InChI is InChI=1S/C21H21ClN6O3/c1-4-31-16-10-5-13(11-17(16)30-3)19-18(12(2)23-21-25-26-27-28(19)21)20(29)24-15-8-6-14(22)7-9-15/h5-11,19H,4H2,1-3H3,(H,24,29)(H,23,25,27)/t19-/m0/s1. The molecular weight excluding hydrogens is 420 g/mol. The van der Waals surface area contributed by atoms with Crippen LogP contribution in [0.4, 0.5) is 11.6 Å². The Bertz CT molecular complexity index is 1140. The van der Waals surface area contributed by atoms with Gasteiger partial charge in [-0.3, -0.25) is 4.79 Å². The van der Waals surface area contributed by atoms with E-state index in [0.717, 1.165) is 5.56 Å². The van der Waals surface area contributed by atoms with Crippen molar-refractivity contribution in [3.63, 3.8) is 0 Å². The first-order chi connectivity index (χ1) is 15.0. The third-order valence-corrected chi connectivity index (χ3v) is 5.12. The number of methoxy groups -OCH3 is 1. The van der Waals surface area contributed by atoms with E-state index in [1.807, 2.05) is 32.0 Å². The Kier molecular flexibility index (Phi) is 5.77. The second kappa shape index (κ2) is 8.65. The topological polar surface area (TPSA) is 103 Å². The maximum Gasteiger partial charge on any atom is 0.255 e. The van der Waals surface area contributed by atoms with E-state index >= 15 is 0 Å². The molecule has 4 rings (SSSR count). The number of ether oxygens (including phenoxy) is 2. The zero-order chi connectivity index (χ0) is 22.0. The van der Waals surface area contributed by atoms with Crippen molar-refractivity contribution in [2.75, 3.05) is 24.4 Å². The van der Waals surface area contributed by atoms with Gasteiger partial charge in [-0.1, -0.05) is 22.8 Å². The number of anilines is 2. The predicted octanol–water partition coefficient (Wildman–Crippen LogP) is 3.66. The Hall–Kier alpha value is -3.59. The number of allylic oxidation sites excluding steroid dienone is 1. The Balaban J connectivity index is 1.76. The number of fused-ring (bicyclic) bond motifs is 1. The molecule has 0 unspecified atom stereocenters. The van der Waals surface area contributed by atoms with Gasteiger partial charge in [-0.05, 0) is 66.2 Å². The van der Waals surface area contributed by atoms with Crippen LogP contribution < -0.4 is 20.1 Å². The van der Waals surface area contributed by atoms with Crippen molar-refractivity contribution in [3.05, 3.63) is 64.3 Å². The van der Waals surface area contributed by atoms with Crippen LogP contribution in [0.1, 0.15) is 25.5 Å². The van der Waals surface area contributed by atoms with Gasteiger partial charge in [-0.2, -0.15) is 4.68 Å². The number of nitrogens with zero attached hydrogens (tertiary/aromatic N) is 4. The van der Waals surface area contributed by atoms with Crippen molar-refractivity contribution in [1.82, 2.24) is 20.2 Å². The largest absolute Gasteiger partial charge is 0.493 e. The minimum Gasteiger partial charge on any atom is -0.493 e. The van der Waals surface area contributed by atoms with Gasteiger partial charge in [0.15, 0.2) is 11.5 Å². The highest BCUT2D eigenvalue weighted by Gasteiger charge is 2.34. The zero-order valence-corrected chi connectivity index (χ0v) is 18.0. The van der Waals surface area contributed by atoms with Crippen molar-refractivity contribution in [3.8, 4) is 11.5 Å². The molecule has 1 aliphatic rings. The van der Waals surface area contributed by atoms with Crippen LogP contribution in [0.5, 0.6) is 11.5 Å². The summed E-state index contributed by atoms with van der Waals surface area (Å²) in [5.41, 5.74) is 2.52. The zero-order valence-electron chi connectivity index (χ0n) is 17.2. The van der Waals surface area contributed by atoms with Gasteiger partial charge in [0.1, 0.15) is 6.04 Å². The first kappa shape index (κ1) is 20.7. The summed E-state index contributed by atoms with van der Waals surface area (Å²) in [7, 11) is 1.57. The number of halogens is 1. The average molecular weight is 441 g/mol. The lowest BCUT2D eigenvalue weighted by molar-refractivity contribution is -0.113. The fourth-order valence-electron chi connectivity index (χ4n) is 3.48. The number of hydrogen-bond donors (Lipinski definition) is 2. The number of hydrogen-bond acceptors (Lipinski definition) is 7. The van der Waals surface area contributed by atoms with Crippen molar-refractivity contribution in [2.45, 2.75) is 19.9 Å². The quantitative estimate of drug-likeness (QED) is 0.602. The van der Waals surface area contributed by atoms with E-state index < -0.39 is 6.04 Å². The molecule has 2 N–H and O–H groups in total. The smallest absolute Gasteiger partial charge is 0.255 e. The van der Waals surface area contributed by atoms with Gasteiger partial charge in [-0.25, -0.2) is 0 Å². The number of rotatable bonds is 6. The molecule has 1 amide bonds. The van der Waals surface area contributed by atoms with Crippen molar-refractivity contribution < 1.29 is 14.3 Å². The first-order valence-corrected chi connectivity index (χ1v) is 10.0. The van der Waals surface area contributed by atoms with E-state index in [0.29, 0.717) is 46.0 Å². The Labute approximate surface area is 184 Å². The third kappa shape index (κ3) is 4.04. The van der Waals surface area contributed by atoms with Gasteiger partial charge in [0.2, 0.25) is 5.95 Å². The summed E-state index contributed by atoms with van der Waals surface area (Å²) in [6.07, 6.45) is 0. The minimum absolute atomic E-state index is 0.286. The molecule has 1 aliphatic heterocycles. The molecule has 3 aromatic rings. The summed E-state index contributed by atoms with van der Waals surface area (Å²) in [5, 5.41) is 18.5. The maximum absolute atomic E-state index is 13.3. The number of aromatic nitrogens is 4. The van der Waals surface area contributed by atoms with Crippen LogP contribution in [0.2, 0.25) is 5.02 Å². The number of benzene rings is 2. The lowest BCUT2D eigenvalue weighted by Gasteiger charge is -2.28. The number of carbonyl (C=O) groups is 1. The van der Waals surface area contributed by atoms with E-state index in [1.54, 1.807) is 36.1 Å². The highest BCUT2D eigenvalue weighted by Crippen LogP contribution is 2.38. The van der Waals surface area contributed by atoms with Crippen LogP contribution in [-0.2, 0) is 4.79 Å². The Morgan fingerprint density at radius 2 is 2.00 bits per heavy atom. The van der Waals surface area contributed by atoms with Crippen LogP contribution >= 0.6 is 11.6 Å². The van der Waals surface area contributed by atoms with Gasteiger partial charge in [-0.15, -0.1) is 0 Å². The van der Waals surface area contributed by atoms with Gasteiger partial charge < -0.3 is 20.1 Å².